The Labute approximate surface area is 153 Å². The van der Waals surface area contributed by atoms with Crippen molar-refractivity contribution >= 4 is 5.82 Å². The number of aromatic hydroxyl groups is 1. The van der Waals surface area contributed by atoms with Gasteiger partial charge in [-0.15, -0.1) is 10.2 Å². The molecule has 2 heterocycles. The SMILES string of the molecule is Cc1cc(NC2CCCN(C)C2)nnc1-c1ccc(C#CCO)cc1O. The Kier molecular flexibility index (Phi) is 5.71. The molecule has 2 aromatic rings. The quantitative estimate of drug-likeness (QED) is 0.733. The number of aromatic nitrogens is 2. The van der Waals surface area contributed by atoms with E-state index in [1.54, 1.807) is 18.2 Å². The molecule has 0 saturated carbocycles. The van der Waals surface area contributed by atoms with E-state index in [9.17, 15) is 5.11 Å². The monoisotopic (exact) mass is 352 g/mol. The van der Waals surface area contributed by atoms with Crippen LogP contribution in [0.25, 0.3) is 11.3 Å². The van der Waals surface area contributed by atoms with Gasteiger partial charge in [0.05, 0.1) is 5.69 Å². The van der Waals surface area contributed by atoms with E-state index in [1.807, 2.05) is 13.0 Å². The van der Waals surface area contributed by atoms with Gasteiger partial charge in [-0.25, -0.2) is 0 Å². The molecule has 1 saturated heterocycles. The molecule has 0 radical (unpaired) electrons. The number of phenolic OH excluding ortho intramolecular Hbond substituents is 1. The molecule has 0 bridgehead atoms. The van der Waals surface area contributed by atoms with Gasteiger partial charge in [0, 0.05) is 23.7 Å². The first-order valence-corrected chi connectivity index (χ1v) is 8.79. The smallest absolute Gasteiger partial charge is 0.149 e. The Bertz CT molecular complexity index is 841. The number of aliphatic hydroxyl groups is 1. The van der Waals surface area contributed by atoms with E-state index in [4.69, 9.17) is 5.11 Å². The molecule has 1 aromatic heterocycles. The highest BCUT2D eigenvalue weighted by Gasteiger charge is 2.18. The molecule has 1 atom stereocenters. The van der Waals surface area contributed by atoms with E-state index < -0.39 is 0 Å². The molecule has 6 heteroatoms. The lowest BCUT2D eigenvalue weighted by Gasteiger charge is -2.30. The third kappa shape index (κ3) is 4.31. The number of likely N-dealkylation sites (N-methyl/N-ethyl adjacent to an activating group) is 1. The van der Waals surface area contributed by atoms with E-state index in [2.05, 4.69) is 39.3 Å². The lowest BCUT2D eigenvalue weighted by atomic mass is 10.0. The molecule has 6 nitrogen and oxygen atoms in total. The summed E-state index contributed by atoms with van der Waals surface area (Å²) in [5.74, 6) is 6.20. The minimum absolute atomic E-state index is 0.0988. The lowest BCUT2D eigenvalue weighted by Crippen LogP contribution is -2.39. The summed E-state index contributed by atoms with van der Waals surface area (Å²) < 4.78 is 0. The van der Waals surface area contributed by atoms with Crippen LogP contribution in [-0.4, -0.2) is 58.1 Å². The number of rotatable bonds is 3. The fourth-order valence-electron chi connectivity index (χ4n) is 3.27. The van der Waals surface area contributed by atoms with E-state index in [1.165, 1.54) is 6.42 Å². The second-order valence-electron chi connectivity index (χ2n) is 6.70. The number of piperidine rings is 1. The summed E-state index contributed by atoms with van der Waals surface area (Å²) in [6.45, 7) is 3.89. The van der Waals surface area contributed by atoms with Gasteiger partial charge in [0.2, 0.25) is 0 Å². The highest BCUT2D eigenvalue weighted by atomic mass is 16.3. The van der Waals surface area contributed by atoms with Crippen LogP contribution in [0.4, 0.5) is 5.82 Å². The average molecular weight is 352 g/mol. The van der Waals surface area contributed by atoms with Gasteiger partial charge in [-0.05, 0) is 63.2 Å². The van der Waals surface area contributed by atoms with Crippen LogP contribution in [0.2, 0.25) is 0 Å². The van der Waals surface area contributed by atoms with Crippen LogP contribution < -0.4 is 5.32 Å². The van der Waals surface area contributed by atoms with Gasteiger partial charge in [-0.1, -0.05) is 11.8 Å². The van der Waals surface area contributed by atoms with Crippen LogP contribution in [-0.2, 0) is 0 Å². The first-order chi connectivity index (χ1) is 12.6. The topological polar surface area (TPSA) is 81.5 Å². The van der Waals surface area contributed by atoms with E-state index >= 15 is 0 Å². The summed E-state index contributed by atoms with van der Waals surface area (Å²) in [5.41, 5.74) is 2.85. The Morgan fingerprint density at radius 2 is 2.15 bits per heavy atom. The number of hydrogen-bond donors (Lipinski definition) is 3. The van der Waals surface area contributed by atoms with Crippen molar-refractivity contribution in [1.82, 2.24) is 15.1 Å². The van der Waals surface area contributed by atoms with Gasteiger partial charge >= 0.3 is 0 Å². The molecule has 0 spiro atoms. The molecule has 1 aliphatic heterocycles. The Morgan fingerprint density at radius 1 is 1.31 bits per heavy atom. The number of anilines is 1. The van der Waals surface area contributed by atoms with Crippen LogP contribution >= 0.6 is 0 Å². The van der Waals surface area contributed by atoms with Gasteiger partial charge in [-0.2, -0.15) is 0 Å². The number of aliphatic hydroxyl groups excluding tert-OH is 1. The Morgan fingerprint density at radius 3 is 2.85 bits per heavy atom. The Balaban J connectivity index is 1.79. The number of phenols is 1. The third-order valence-electron chi connectivity index (χ3n) is 4.53. The van der Waals surface area contributed by atoms with E-state index in [-0.39, 0.29) is 12.4 Å². The average Bonchev–Trinajstić information content (AvgIpc) is 2.61. The largest absolute Gasteiger partial charge is 0.507 e. The van der Waals surface area contributed by atoms with Gasteiger partial charge in [0.15, 0.2) is 0 Å². The number of nitrogens with one attached hydrogen (secondary N) is 1. The minimum Gasteiger partial charge on any atom is -0.507 e. The summed E-state index contributed by atoms with van der Waals surface area (Å²) in [4.78, 5) is 2.31. The molecule has 3 rings (SSSR count). The molecule has 1 aliphatic rings. The summed E-state index contributed by atoms with van der Waals surface area (Å²) >= 11 is 0. The summed E-state index contributed by atoms with van der Waals surface area (Å²) in [6, 6.07) is 7.49. The van der Waals surface area contributed by atoms with Crippen LogP contribution in [0.1, 0.15) is 24.0 Å². The predicted octanol–water partition coefficient (Wildman–Crippen LogP) is 2.01. The van der Waals surface area contributed by atoms with Crippen molar-refractivity contribution in [3.8, 4) is 28.8 Å². The zero-order valence-electron chi connectivity index (χ0n) is 15.2. The highest BCUT2D eigenvalue weighted by molar-refractivity contribution is 5.71. The van der Waals surface area contributed by atoms with Crippen LogP contribution in [0.15, 0.2) is 24.3 Å². The number of likely N-dealkylation sites (tertiary alicyclic amines) is 1. The molecule has 1 aromatic carbocycles. The second kappa shape index (κ2) is 8.17. The number of benzene rings is 1. The first kappa shape index (κ1) is 18.2. The molecule has 0 amide bonds. The molecule has 0 aliphatic carbocycles. The number of aryl methyl sites for hydroxylation is 1. The molecule has 136 valence electrons. The summed E-state index contributed by atoms with van der Waals surface area (Å²) in [6.07, 6.45) is 2.31. The van der Waals surface area contributed by atoms with Crippen LogP contribution in [0.3, 0.4) is 0 Å². The predicted molar refractivity (Wildman–Crippen MR) is 102 cm³/mol. The summed E-state index contributed by atoms with van der Waals surface area (Å²) in [7, 11) is 2.13. The number of nitrogens with zero attached hydrogens (tertiary/aromatic N) is 3. The van der Waals surface area contributed by atoms with Crippen LogP contribution in [0.5, 0.6) is 5.75 Å². The van der Waals surface area contributed by atoms with Crippen molar-refractivity contribution in [2.75, 3.05) is 32.1 Å². The molecule has 1 unspecified atom stereocenters. The molecule has 1 fully saturated rings. The maximum absolute atomic E-state index is 10.3. The van der Waals surface area contributed by atoms with Gasteiger partial charge in [0.25, 0.3) is 0 Å². The maximum Gasteiger partial charge on any atom is 0.149 e. The molecule has 3 N–H and O–H groups in total. The van der Waals surface area contributed by atoms with Gasteiger partial charge in [0.1, 0.15) is 18.2 Å². The van der Waals surface area contributed by atoms with E-state index in [0.717, 1.165) is 30.9 Å². The second-order valence-corrected chi connectivity index (χ2v) is 6.70. The normalized spacial score (nSPS) is 17.4. The van der Waals surface area contributed by atoms with Gasteiger partial charge in [-0.3, -0.25) is 0 Å². The van der Waals surface area contributed by atoms with Gasteiger partial charge < -0.3 is 20.4 Å². The maximum atomic E-state index is 10.3. The fraction of sp³-hybridized carbons (Fsp3) is 0.400. The Hall–Kier alpha value is -2.62. The molecular formula is C20H24N4O2. The zero-order valence-corrected chi connectivity index (χ0v) is 15.2. The van der Waals surface area contributed by atoms with E-state index in [0.29, 0.717) is 22.9 Å². The van der Waals surface area contributed by atoms with Crippen molar-refractivity contribution in [3.05, 3.63) is 35.4 Å². The van der Waals surface area contributed by atoms with Crippen molar-refractivity contribution in [3.63, 3.8) is 0 Å². The summed E-state index contributed by atoms with van der Waals surface area (Å²) in [5, 5.41) is 31.1. The van der Waals surface area contributed by atoms with Crippen LogP contribution in [0, 0.1) is 18.8 Å². The first-order valence-electron chi connectivity index (χ1n) is 8.79. The molecular weight excluding hydrogens is 328 g/mol. The molecule has 26 heavy (non-hydrogen) atoms. The zero-order chi connectivity index (χ0) is 18.5. The lowest BCUT2D eigenvalue weighted by molar-refractivity contribution is 0.260. The van der Waals surface area contributed by atoms with Crippen molar-refractivity contribution in [1.29, 1.82) is 0 Å². The fourth-order valence-corrected chi connectivity index (χ4v) is 3.27. The highest BCUT2D eigenvalue weighted by Crippen LogP contribution is 2.31. The third-order valence-corrected chi connectivity index (χ3v) is 4.53. The van der Waals surface area contributed by atoms with Crippen molar-refractivity contribution < 1.29 is 10.2 Å². The minimum atomic E-state index is -0.210. The standard InChI is InChI=1S/C20H24N4O2/c1-14-11-19(21-16-6-3-9-24(2)13-16)22-23-20(14)17-8-7-15(5-4-10-25)12-18(17)26/h7-8,11-12,16,25-26H,3,6,9-10,13H2,1-2H3,(H,21,22). The van der Waals surface area contributed by atoms with Crippen molar-refractivity contribution in [2.45, 2.75) is 25.8 Å². The number of hydrogen-bond acceptors (Lipinski definition) is 6. The van der Waals surface area contributed by atoms with Crippen molar-refractivity contribution in [2.24, 2.45) is 0 Å².